The highest BCUT2D eigenvalue weighted by atomic mass is 32.1. The highest BCUT2D eigenvalue weighted by Crippen LogP contribution is 2.16. The summed E-state index contributed by atoms with van der Waals surface area (Å²) in [6, 6.07) is 7.58. The number of anilines is 2. The summed E-state index contributed by atoms with van der Waals surface area (Å²) in [4.78, 5) is 0. The van der Waals surface area contributed by atoms with Gasteiger partial charge < -0.3 is 15.4 Å². The molecular formula is C14H18N4OS. The second kappa shape index (κ2) is 6.38. The van der Waals surface area contributed by atoms with E-state index in [4.69, 9.17) is 17.0 Å². The van der Waals surface area contributed by atoms with Crippen molar-refractivity contribution in [2.24, 2.45) is 0 Å². The third-order valence-corrected chi connectivity index (χ3v) is 3.07. The summed E-state index contributed by atoms with van der Waals surface area (Å²) >= 11 is 5.29. The highest BCUT2D eigenvalue weighted by molar-refractivity contribution is 7.80. The first-order valence-electron chi connectivity index (χ1n) is 6.38. The zero-order valence-corrected chi connectivity index (χ0v) is 12.6. The van der Waals surface area contributed by atoms with Crippen LogP contribution in [0, 0.1) is 6.92 Å². The van der Waals surface area contributed by atoms with Crippen molar-refractivity contribution in [3.63, 3.8) is 0 Å². The smallest absolute Gasteiger partial charge is 0.175 e. The number of nitrogens with zero attached hydrogens (tertiary/aromatic N) is 2. The molecule has 0 aliphatic carbocycles. The fourth-order valence-corrected chi connectivity index (χ4v) is 1.99. The first kappa shape index (κ1) is 14.3. The van der Waals surface area contributed by atoms with Crippen LogP contribution in [0.4, 0.5) is 11.4 Å². The van der Waals surface area contributed by atoms with Crippen LogP contribution < -0.4 is 15.4 Å². The summed E-state index contributed by atoms with van der Waals surface area (Å²) in [5, 5.41) is 11.2. The molecule has 0 saturated heterocycles. The minimum atomic E-state index is 0.536. The molecule has 6 heteroatoms. The number of rotatable bonds is 4. The van der Waals surface area contributed by atoms with Crippen LogP contribution in [-0.4, -0.2) is 22.0 Å². The van der Waals surface area contributed by atoms with E-state index >= 15 is 0 Å². The van der Waals surface area contributed by atoms with Crippen molar-refractivity contribution in [1.82, 2.24) is 9.78 Å². The molecule has 0 aliphatic heterocycles. The maximum absolute atomic E-state index is 5.29. The molecule has 0 spiro atoms. The molecule has 0 bridgehead atoms. The Hall–Kier alpha value is -2.08. The number of ether oxygens (including phenoxy) is 1. The van der Waals surface area contributed by atoms with Gasteiger partial charge in [0.2, 0.25) is 0 Å². The van der Waals surface area contributed by atoms with Crippen LogP contribution in [0.1, 0.15) is 12.6 Å². The van der Waals surface area contributed by atoms with Crippen molar-refractivity contribution >= 4 is 28.7 Å². The van der Waals surface area contributed by atoms with Crippen LogP contribution in [-0.2, 0) is 6.54 Å². The van der Waals surface area contributed by atoms with Crippen LogP contribution in [0.25, 0.3) is 0 Å². The van der Waals surface area contributed by atoms with E-state index in [1.54, 1.807) is 7.11 Å². The summed E-state index contributed by atoms with van der Waals surface area (Å²) in [7, 11) is 1.64. The summed E-state index contributed by atoms with van der Waals surface area (Å²) < 4.78 is 6.98. The molecule has 0 radical (unpaired) electrons. The van der Waals surface area contributed by atoms with Gasteiger partial charge in [-0.15, -0.1) is 0 Å². The molecule has 20 heavy (non-hydrogen) atoms. The van der Waals surface area contributed by atoms with Crippen molar-refractivity contribution < 1.29 is 4.74 Å². The van der Waals surface area contributed by atoms with Crippen molar-refractivity contribution in [2.45, 2.75) is 20.4 Å². The van der Waals surface area contributed by atoms with Gasteiger partial charge in [-0.05, 0) is 50.3 Å². The second-order valence-corrected chi connectivity index (χ2v) is 4.70. The number of aromatic nitrogens is 2. The molecule has 2 N–H and O–H groups in total. The molecule has 106 valence electrons. The fourth-order valence-electron chi connectivity index (χ4n) is 1.76. The minimum absolute atomic E-state index is 0.536. The van der Waals surface area contributed by atoms with Gasteiger partial charge in [0.1, 0.15) is 5.75 Å². The molecule has 2 aromatic rings. The van der Waals surface area contributed by atoms with Gasteiger partial charge in [-0.2, -0.15) is 5.10 Å². The van der Waals surface area contributed by atoms with Crippen LogP contribution in [0.3, 0.4) is 0 Å². The lowest BCUT2D eigenvalue weighted by Gasteiger charge is -2.10. The summed E-state index contributed by atoms with van der Waals surface area (Å²) in [6.07, 6.45) is 1.94. The predicted octanol–water partition coefficient (Wildman–Crippen LogP) is 3.03. The summed E-state index contributed by atoms with van der Waals surface area (Å²) in [5.74, 6) is 0.814. The van der Waals surface area contributed by atoms with Crippen molar-refractivity contribution in [3.05, 3.63) is 36.2 Å². The molecule has 0 atom stereocenters. The van der Waals surface area contributed by atoms with E-state index < -0.39 is 0 Å². The predicted molar refractivity (Wildman–Crippen MR) is 85.5 cm³/mol. The quantitative estimate of drug-likeness (QED) is 0.848. The third kappa shape index (κ3) is 3.48. The normalized spacial score (nSPS) is 10.2. The number of methoxy groups -OCH3 is 1. The molecule has 1 aromatic carbocycles. The largest absolute Gasteiger partial charge is 0.497 e. The highest BCUT2D eigenvalue weighted by Gasteiger charge is 2.06. The Morgan fingerprint density at radius 2 is 2.00 bits per heavy atom. The lowest BCUT2D eigenvalue weighted by Crippen LogP contribution is -2.19. The van der Waals surface area contributed by atoms with E-state index in [0.29, 0.717) is 5.11 Å². The third-order valence-electron chi connectivity index (χ3n) is 2.87. The standard InChI is InChI=1S/C14H18N4OS/c1-4-18-9-13(10(2)17-18)16-14(20)15-11-5-7-12(19-3)8-6-11/h5-9H,4H2,1-3H3,(H2,15,16,20). The Kier molecular flexibility index (Phi) is 4.57. The van der Waals surface area contributed by atoms with E-state index in [-0.39, 0.29) is 0 Å². The topological polar surface area (TPSA) is 51.1 Å². The number of benzene rings is 1. The fraction of sp³-hybridized carbons (Fsp3) is 0.286. The Bertz CT molecular complexity index is 592. The maximum atomic E-state index is 5.29. The van der Waals surface area contributed by atoms with Gasteiger partial charge in [0.25, 0.3) is 0 Å². The van der Waals surface area contributed by atoms with Gasteiger partial charge in [0.15, 0.2) is 5.11 Å². The number of aryl methyl sites for hydroxylation is 2. The molecule has 1 heterocycles. The van der Waals surface area contributed by atoms with Crippen molar-refractivity contribution in [3.8, 4) is 5.75 Å². The molecule has 0 aliphatic rings. The van der Waals surface area contributed by atoms with E-state index in [2.05, 4.69) is 15.7 Å². The van der Waals surface area contributed by atoms with Gasteiger partial charge >= 0.3 is 0 Å². The van der Waals surface area contributed by atoms with Gasteiger partial charge in [-0.25, -0.2) is 0 Å². The van der Waals surface area contributed by atoms with Crippen LogP contribution >= 0.6 is 12.2 Å². The SMILES string of the molecule is CCn1cc(NC(=S)Nc2ccc(OC)cc2)c(C)n1. The maximum Gasteiger partial charge on any atom is 0.175 e. The average Bonchev–Trinajstić information content (AvgIpc) is 2.80. The molecule has 0 amide bonds. The monoisotopic (exact) mass is 290 g/mol. The zero-order chi connectivity index (χ0) is 14.5. The Labute approximate surface area is 123 Å². The Morgan fingerprint density at radius 3 is 2.55 bits per heavy atom. The van der Waals surface area contributed by atoms with E-state index in [1.807, 2.05) is 49.0 Å². The molecule has 0 saturated carbocycles. The molecule has 0 fully saturated rings. The van der Waals surface area contributed by atoms with Crippen LogP contribution in [0.15, 0.2) is 30.5 Å². The molecule has 1 aromatic heterocycles. The van der Waals surface area contributed by atoms with Gasteiger partial charge in [0.05, 0.1) is 18.5 Å². The van der Waals surface area contributed by atoms with E-state index in [9.17, 15) is 0 Å². The summed E-state index contributed by atoms with van der Waals surface area (Å²) in [5.41, 5.74) is 2.74. The van der Waals surface area contributed by atoms with Gasteiger partial charge in [-0.3, -0.25) is 4.68 Å². The first-order chi connectivity index (χ1) is 9.62. The van der Waals surface area contributed by atoms with Crippen LogP contribution in [0.5, 0.6) is 5.75 Å². The lowest BCUT2D eigenvalue weighted by atomic mass is 10.3. The second-order valence-electron chi connectivity index (χ2n) is 4.29. The van der Waals surface area contributed by atoms with Crippen LogP contribution in [0.2, 0.25) is 0 Å². The Balaban J connectivity index is 1.99. The number of thiocarbonyl (C=S) groups is 1. The number of hydrogen-bond acceptors (Lipinski definition) is 3. The molecular weight excluding hydrogens is 272 g/mol. The van der Waals surface area contributed by atoms with E-state index in [1.165, 1.54) is 0 Å². The lowest BCUT2D eigenvalue weighted by molar-refractivity contribution is 0.415. The average molecular weight is 290 g/mol. The van der Waals surface area contributed by atoms with E-state index in [0.717, 1.165) is 29.4 Å². The number of hydrogen-bond donors (Lipinski definition) is 2. The van der Waals surface area contributed by atoms with Gasteiger partial charge in [0, 0.05) is 18.4 Å². The molecule has 0 unspecified atom stereocenters. The minimum Gasteiger partial charge on any atom is -0.497 e. The Morgan fingerprint density at radius 1 is 1.30 bits per heavy atom. The zero-order valence-electron chi connectivity index (χ0n) is 11.8. The summed E-state index contributed by atoms with van der Waals surface area (Å²) in [6.45, 7) is 4.83. The molecule has 2 rings (SSSR count). The number of nitrogens with one attached hydrogen (secondary N) is 2. The van der Waals surface area contributed by atoms with Crippen molar-refractivity contribution in [1.29, 1.82) is 0 Å². The van der Waals surface area contributed by atoms with Gasteiger partial charge in [-0.1, -0.05) is 0 Å². The van der Waals surface area contributed by atoms with Crippen molar-refractivity contribution in [2.75, 3.05) is 17.7 Å². The molecule has 5 nitrogen and oxygen atoms in total. The first-order valence-corrected chi connectivity index (χ1v) is 6.79.